The quantitative estimate of drug-likeness (QED) is 0.804. The van der Waals surface area contributed by atoms with Crippen molar-refractivity contribution in [3.63, 3.8) is 0 Å². The van der Waals surface area contributed by atoms with Crippen molar-refractivity contribution in [3.05, 3.63) is 52.5 Å². The fraction of sp³-hybridized carbons (Fsp3) is 0.235. The number of rotatable bonds is 6. The van der Waals surface area contributed by atoms with Crippen LogP contribution in [0.1, 0.15) is 11.1 Å². The molecule has 0 radical (unpaired) electrons. The Kier molecular flexibility index (Phi) is 6.05. The Hall–Kier alpha value is -2.09. The second kappa shape index (κ2) is 7.86. The smallest absolute Gasteiger partial charge is 0.244 e. The van der Waals surface area contributed by atoms with Crippen LogP contribution in [-0.4, -0.2) is 28.0 Å². The van der Waals surface area contributed by atoms with Crippen LogP contribution in [0.3, 0.4) is 0 Å². The van der Waals surface area contributed by atoms with Crippen LogP contribution in [0.5, 0.6) is 5.75 Å². The molecule has 0 atom stereocenters. The lowest BCUT2D eigenvalue weighted by atomic mass is 10.1. The predicted molar refractivity (Wildman–Crippen MR) is 97.7 cm³/mol. The van der Waals surface area contributed by atoms with Gasteiger partial charge in [-0.1, -0.05) is 23.7 Å². The SMILES string of the molecule is COc1ccc(Cl)cc1S(=O)(=O)NCC(=O)Nc1cccc(C)c1C. The van der Waals surface area contributed by atoms with E-state index in [-0.39, 0.29) is 15.7 Å². The molecular weight excluding hydrogens is 364 g/mol. The van der Waals surface area contributed by atoms with E-state index >= 15 is 0 Å². The lowest BCUT2D eigenvalue weighted by Gasteiger charge is -2.12. The van der Waals surface area contributed by atoms with E-state index in [1.54, 1.807) is 6.07 Å². The minimum absolute atomic E-state index is 0.123. The van der Waals surface area contributed by atoms with Gasteiger partial charge in [-0.05, 0) is 49.2 Å². The molecule has 25 heavy (non-hydrogen) atoms. The maximum Gasteiger partial charge on any atom is 0.244 e. The number of benzene rings is 2. The Morgan fingerprint density at radius 1 is 1.20 bits per heavy atom. The van der Waals surface area contributed by atoms with Crippen LogP contribution in [0.4, 0.5) is 5.69 Å². The molecule has 0 spiro atoms. The fourth-order valence-electron chi connectivity index (χ4n) is 2.18. The molecule has 0 aliphatic heterocycles. The van der Waals surface area contributed by atoms with Crippen molar-refractivity contribution in [1.29, 1.82) is 0 Å². The van der Waals surface area contributed by atoms with Gasteiger partial charge in [0, 0.05) is 10.7 Å². The Labute approximate surface area is 152 Å². The number of methoxy groups -OCH3 is 1. The number of ether oxygens (including phenoxy) is 1. The van der Waals surface area contributed by atoms with Gasteiger partial charge in [-0.3, -0.25) is 4.79 Å². The third-order valence-electron chi connectivity index (χ3n) is 3.72. The van der Waals surface area contributed by atoms with Crippen molar-refractivity contribution in [2.75, 3.05) is 19.0 Å². The molecule has 2 rings (SSSR count). The zero-order chi connectivity index (χ0) is 18.6. The highest BCUT2D eigenvalue weighted by Crippen LogP contribution is 2.26. The summed E-state index contributed by atoms with van der Waals surface area (Å²) in [6.45, 7) is 3.40. The van der Waals surface area contributed by atoms with Crippen LogP contribution in [0.15, 0.2) is 41.3 Å². The number of halogens is 1. The van der Waals surface area contributed by atoms with E-state index in [2.05, 4.69) is 10.0 Å². The van der Waals surface area contributed by atoms with Crippen LogP contribution in [0, 0.1) is 13.8 Å². The molecule has 2 aromatic carbocycles. The van der Waals surface area contributed by atoms with Crippen molar-refractivity contribution >= 4 is 33.2 Å². The highest BCUT2D eigenvalue weighted by molar-refractivity contribution is 7.89. The Morgan fingerprint density at radius 2 is 1.92 bits per heavy atom. The van der Waals surface area contributed by atoms with E-state index in [9.17, 15) is 13.2 Å². The highest BCUT2D eigenvalue weighted by atomic mass is 35.5. The average Bonchev–Trinajstić information content (AvgIpc) is 2.57. The molecule has 0 saturated carbocycles. The molecular formula is C17H19ClN2O4S. The first-order valence-electron chi connectivity index (χ1n) is 7.44. The van der Waals surface area contributed by atoms with Gasteiger partial charge in [0.05, 0.1) is 13.7 Å². The van der Waals surface area contributed by atoms with E-state index in [4.69, 9.17) is 16.3 Å². The zero-order valence-electron chi connectivity index (χ0n) is 14.1. The zero-order valence-corrected chi connectivity index (χ0v) is 15.7. The van der Waals surface area contributed by atoms with Crippen molar-refractivity contribution in [2.45, 2.75) is 18.7 Å². The van der Waals surface area contributed by atoms with E-state index in [1.807, 2.05) is 26.0 Å². The molecule has 1 amide bonds. The third-order valence-corrected chi connectivity index (χ3v) is 5.37. The van der Waals surface area contributed by atoms with Gasteiger partial charge in [-0.15, -0.1) is 0 Å². The summed E-state index contributed by atoms with van der Waals surface area (Å²) in [7, 11) is -2.59. The molecule has 0 saturated heterocycles. The minimum atomic E-state index is -3.95. The molecule has 0 aromatic heterocycles. The Morgan fingerprint density at radius 3 is 2.60 bits per heavy atom. The monoisotopic (exact) mass is 382 g/mol. The summed E-state index contributed by atoms with van der Waals surface area (Å²) < 4.78 is 32.1. The standard InChI is InChI=1S/C17H19ClN2O4S/c1-11-5-4-6-14(12(11)2)20-17(21)10-19-25(22,23)16-9-13(18)7-8-15(16)24-3/h4-9,19H,10H2,1-3H3,(H,20,21). The number of aryl methyl sites for hydroxylation is 1. The van der Waals surface area contributed by atoms with Gasteiger partial charge < -0.3 is 10.1 Å². The molecule has 8 heteroatoms. The minimum Gasteiger partial charge on any atom is -0.495 e. The molecule has 2 N–H and O–H groups in total. The van der Waals surface area contributed by atoms with Gasteiger partial charge >= 0.3 is 0 Å². The van der Waals surface area contributed by atoms with E-state index in [0.29, 0.717) is 5.69 Å². The number of hydrogen-bond acceptors (Lipinski definition) is 4. The van der Waals surface area contributed by atoms with Gasteiger partial charge in [0.2, 0.25) is 15.9 Å². The van der Waals surface area contributed by atoms with Crippen molar-refractivity contribution in [3.8, 4) is 5.75 Å². The van der Waals surface area contributed by atoms with Crippen LogP contribution in [0.2, 0.25) is 5.02 Å². The molecule has 134 valence electrons. The second-order valence-corrected chi connectivity index (χ2v) is 7.59. The number of anilines is 1. The summed E-state index contributed by atoms with van der Waals surface area (Å²) in [5.41, 5.74) is 2.60. The Bertz CT molecular complexity index is 898. The maximum atomic E-state index is 12.4. The van der Waals surface area contributed by atoms with Crippen LogP contribution in [-0.2, 0) is 14.8 Å². The van der Waals surface area contributed by atoms with Crippen molar-refractivity contribution in [1.82, 2.24) is 4.72 Å². The molecule has 0 aliphatic rings. The first-order chi connectivity index (χ1) is 11.7. The number of carbonyl (C=O) groups is 1. The van der Waals surface area contributed by atoms with E-state index in [1.165, 1.54) is 25.3 Å². The summed E-state index contributed by atoms with van der Waals surface area (Å²) in [5.74, 6) is -0.329. The van der Waals surface area contributed by atoms with Gasteiger partial charge in [0.15, 0.2) is 0 Å². The number of hydrogen-bond donors (Lipinski definition) is 2. The van der Waals surface area contributed by atoms with Gasteiger partial charge in [-0.25, -0.2) is 13.1 Å². The number of sulfonamides is 1. The molecule has 6 nitrogen and oxygen atoms in total. The van der Waals surface area contributed by atoms with Crippen molar-refractivity contribution in [2.24, 2.45) is 0 Å². The fourth-order valence-corrected chi connectivity index (χ4v) is 3.59. The Balaban J connectivity index is 2.11. The molecule has 0 fully saturated rings. The van der Waals surface area contributed by atoms with Crippen LogP contribution in [0.25, 0.3) is 0 Å². The topological polar surface area (TPSA) is 84.5 Å². The molecule has 0 unspecified atom stereocenters. The molecule has 0 aliphatic carbocycles. The largest absolute Gasteiger partial charge is 0.495 e. The summed E-state index contributed by atoms with van der Waals surface area (Å²) in [5, 5.41) is 2.94. The third kappa shape index (κ3) is 4.72. The van der Waals surface area contributed by atoms with Crippen molar-refractivity contribution < 1.29 is 17.9 Å². The van der Waals surface area contributed by atoms with E-state index in [0.717, 1.165) is 11.1 Å². The summed E-state index contributed by atoms with van der Waals surface area (Å²) in [6.07, 6.45) is 0. The predicted octanol–water partition coefficient (Wildman–Crippen LogP) is 2.88. The van der Waals surface area contributed by atoms with Gasteiger partial charge in [0.25, 0.3) is 0 Å². The molecule has 0 bridgehead atoms. The lowest BCUT2D eigenvalue weighted by Crippen LogP contribution is -2.33. The summed E-state index contributed by atoms with van der Waals surface area (Å²) in [6, 6.07) is 9.75. The molecule has 2 aromatic rings. The second-order valence-electron chi connectivity index (χ2n) is 5.42. The summed E-state index contributed by atoms with van der Waals surface area (Å²) >= 11 is 5.86. The van der Waals surface area contributed by atoms with E-state index < -0.39 is 22.5 Å². The highest BCUT2D eigenvalue weighted by Gasteiger charge is 2.21. The first-order valence-corrected chi connectivity index (χ1v) is 9.30. The maximum absolute atomic E-state index is 12.4. The number of carbonyl (C=O) groups excluding carboxylic acids is 1. The molecule has 0 heterocycles. The first kappa shape index (κ1) is 19.2. The van der Waals surface area contributed by atoms with Crippen LogP contribution < -0.4 is 14.8 Å². The van der Waals surface area contributed by atoms with Crippen LogP contribution >= 0.6 is 11.6 Å². The van der Waals surface area contributed by atoms with Gasteiger partial charge in [-0.2, -0.15) is 0 Å². The summed E-state index contributed by atoms with van der Waals surface area (Å²) in [4.78, 5) is 12.0. The number of nitrogens with one attached hydrogen (secondary N) is 2. The normalized spacial score (nSPS) is 11.2. The lowest BCUT2D eigenvalue weighted by molar-refractivity contribution is -0.115. The van der Waals surface area contributed by atoms with Gasteiger partial charge in [0.1, 0.15) is 10.6 Å². The average molecular weight is 383 g/mol. The number of amides is 1.